The number of anilines is 1. The van der Waals surface area contributed by atoms with Gasteiger partial charge in [-0.15, -0.1) is 0 Å². The van der Waals surface area contributed by atoms with E-state index in [1.54, 1.807) is 6.20 Å². The highest BCUT2D eigenvalue weighted by Gasteiger charge is 2.13. The molecule has 1 aromatic rings. The summed E-state index contributed by atoms with van der Waals surface area (Å²) in [6.07, 6.45) is 6.22. The van der Waals surface area contributed by atoms with E-state index in [9.17, 15) is 4.79 Å². The van der Waals surface area contributed by atoms with Crippen molar-refractivity contribution >= 4 is 11.8 Å². The highest BCUT2D eigenvalue weighted by molar-refractivity contribution is 5.74. The highest BCUT2D eigenvalue weighted by Crippen LogP contribution is 2.18. The molecule has 1 aliphatic rings. The molecule has 0 unspecified atom stereocenters. The normalized spacial score (nSPS) is 16.2. The second-order valence-electron chi connectivity index (χ2n) is 5.68. The number of carbonyl (C=O) groups excluding carboxylic acids is 1. The van der Waals surface area contributed by atoms with Crippen molar-refractivity contribution in [2.24, 2.45) is 0 Å². The minimum atomic E-state index is -0.253. The Morgan fingerprint density at radius 3 is 2.86 bits per heavy atom. The van der Waals surface area contributed by atoms with Gasteiger partial charge in [0.15, 0.2) is 0 Å². The number of aromatic nitrogens is 1. The summed E-state index contributed by atoms with van der Waals surface area (Å²) in [7, 11) is 0. The van der Waals surface area contributed by atoms with Crippen molar-refractivity contribution in [3.8, 4) is 0 Å². The lowest BCUT2D eigenvalue weighted by atomic mass is 10.1. The van der Waals surface area contributed by atoms with Gasteiger partial charge in [-0.25, -0.2) is 9.78 Å². The third-order valence-corrected chi connectivity index (χ3v) is 3.99. The SMILES string of the molecule is CC[C@@H](CO)NC(=O)NCc1ccnc(N2CCCCC2)c1. The molecule has 0 spiro atoms. The quantitative estimate of drug-likeness (QED) is 0.747. The molecule has 2 amide bonds. The predicted octanol–water partition coefficient (Wildman–Crippen LogP) is 1.64. The van der Waals surface area contributed by atoms with Crippen LogP contribution in [-0.4, -0.2) is 41.9 Å². The standard InChI is InChI=1S/C16H26N4O2/c1-2-14(12-21)19-16(22)18-11-13-6-7-17-15(10-13)20-8-4-3-5-9-20/h6-7,10,14,21H,2-5,8-9,11-12H2,1H3,(H2,18,19,22)/t14-/m0/s1. The fraction of sp³-hybridized carbons (Fsp3) is 0.625. The van der Waals surface area contributed by atoms with Crippen LogP contribution in [-0.2, 0) is 6.54 Å². The number of hydrogen-bond acceptors (Lipinski definition) is 4. The van der Waals surface area contributed by atoms with Crippen LogP contribution in [0.1, 0.15) is 38.2 Å². The number of nitrogens with one attached hydrogen (secondary N) is 2. The fourth-order valence-corrected chi connectivity index (χ4v) is 2.56. The highest BCUT2D eigenvalue weighted by atomic mass is 16.3. The Balaban J connectivity index is 1.86. The van der Waals surface area contributed by atoms with Crippen LogP contribution in [0.25, 0.3) is 0 Å². The van der Waals surface area contributed by atoms with Gasteiger partial charge in [-0.2, -0.15) is 0 Å². The van der Waals surface area contributed by atoms with E-state index in [2.05, 4.69) is 20.5 Å². The molecule has 0 radical (unpaired) electrons. The van der Waals surface area contributed by atoms with Gasteiger partial charge in [0.05, 0.1) is 12.6 Å². The molecule has 2 rings (SSSR count). The van der Waals surface area contributed by atoms with Crippen molar-refractivity contribution in [2.45, 2.75) is 45.2 Å². The van der Waals surface area contributed by atoms with Crippen LogP contribution in [0, 0.1) is 0 Å². The van der Waals surface area contributed by atoms with Crippen LogP contribution in [0.5, 0.6) is 0 Å². The lowest BCUT2D eigenvalue weighted by Gasteiger charge is -2.28. The van der Waals surface area contributed by atoms with Crippen LogP contribution in [0.4, 0.5) is 10.6 Å². The first kappa shape index (κ1) is 16.5. The van der Waals surface area contributed by atoms with E-state index in [0.29, 0.717) is 13.0 Å². The molecule has 6 heteroatoms. The number of piperidine rings is 1. The maximum atomic E-state index is 11.8. The van der Waals surface area contributed by atoms with Gasteiger partial charge < -0.3 is 20.6 Å². The number of nitrogens with zero attached hydrogens (tertiary/aromatic N) is 2. The zero-order chi connectivity index (χ0) is 15.8. The van der Waals surface area contributed by atoms with Crippen LogP contribution < -0.4 is 15.5 Å². The van der Waals surface area contributed by atoms with E-state index in [4.69, 9.17) is 5.11 Å². The summed E-state index contributed by atoms with van der Waals surface area (Å²) >= 11 is 0. The van der Waals surface area contributed by atoms with Crippen LogP contribution in [0.15, 0.2) is 18.3 Å². The average Bonchev–Trinajstić information content (AvgIpc) is 2.59. The first-order valence-electron chi connectivity index (χ1n) is 8.08. The minimum absolute atomic E-state index is 0.0434. The van der Waals surface area contributed by atoms with Gasteiger partial charge in [-0.3, -0.25) is 0 Å². The Bertz CT molecular complexity index is 471. The molecule has 0 bridgehead atoms. The summed E-state index contributed by atoms with van der Waals surface area (Å²) in [5.41, 5.74) is 1.03. The number of rotatable bonds is 6. The van der Waals surface area contributed by atoms with E-state index in [1.165, 1.54) is 19.3 Å². The number of amides is 2. The van der Waals surface area contributed by atoms with Gasteiger partial charge in [0, 0.05) is 25.8 Å². The van der Waals surface area contributed by atoms with Gasteiger partial charge in [0.1, 0.15) is 5.82 Å². The first-order valence-corrected chi connectivity index (χ1v) is 8.08. The Labute approximate surface area is 131 Å². The Morgan fingerprint density at radius 2 is 2.18 bits per heavy atom. The first-order chi connectivity index (χ1) is 10.7. The smallest absolute Gasteiger partial charge is 0.315 e. The largest absolute Gasteiger partial charge is 0.394 e. The molecule has 1 atom stereocenters. The number of carbonyl (C=O) groups is 1. The third kappa shape index (κ3) is 4.87. The second kappa shape index (κ2) is 8.58. The van der Waals surface area contributed by atoms with Crippen molar-refractivity contribution in [3.05, 3.63) is 23.9 Å². The number of aliphatic hydroxyl groups is 1. The third-order valence-electron chi connectivity index (χ3n) is 3.99. The van der Waals surface area contributed by atoms with Crippen molar-refractivity contribution in [2.75, 3.05) is 24.6 Å². The monoisotopic (exact) mass is 306 g/mol. The van der Waals surface area contributed by atoms with Crippen LogP contribution in [0.2, 0.25) is 0 Å². The predicted molar refractivity (Wildman–Crippen MR) is 86.8 cm³/mol. The van der Waals surface area contributed by atoms with Crippen LogP contribution >= 0.6 is 0 Å². The molecule has 2 heterocycles. The summed E-state index contributed by atoms with van der Waals surface area (Å²) in [5.74, 6) is 0.987. The zero-order valence-corrected chi connectivity index (χ0v) is 13.2. The summed E-state index contributed by atoms with van der Waals surface area (Å²) in [6, 6.07) is 3.50. The topological polar surface area (TPSA) is 77.5 Å². The second-order valence-corrected chi connectivity index (χ2v) is 5.68. The summed E-state index contributed by atoms with van der Waals surface area (Å²) in [6.45, 7) is 4.45. The lowest BCUT2D eigenvalue weighted by Crippen LogP contribution is -2.43. The van der Waals surface area contributed by atoms with Gasteiger partial charge in [-0.05, 0) is 43.4 Å². The molecule has 1 fully saturated rings. The summed E-state index contributed by atoms with van der Waals surface area (Å²) < 4.78 is 0. The Kier molecular flexibility index (Phi) is 6.45. The van der Waals surface area contributed by atoms with E-state index >= 15 is 0 Å². The molecule has 1 aromatic heterocycles. The molecule has 3 N–H and O–H groups in total. The van der Waals surface area contributed by atoms with E-state index in [1.807, 2.05) is 19.1 Å². The van der Waals surface area contributed by atoms with Gasteiger partial charge in [0.2, 0.25) is 0 Å². The maximum absolute atomic E-state index is 11.8. The molecule has 0 aliphatic carbocycles. The molecule has 0 aromatic carbocycles. The van der Waals surface area contributed by atoms with Crippen molar-refractivity contribution in [1.29, 1.82) is 0 Å². The number of aliphatic hydroxyl groups excluding tert-OH is 1. The number of pyridine rings is 1. The average molecular weight is 306 g/mol. The maximum Gasteiger partial charge on any atom is 0.315 e. The lowest BCUT2D eigenvalue weighted by molar-refractivity contribution is 0.214. The van der Waals surface area contributed by atoms with E-state index < -0.39 is 0 Å². The van der Waals surface area contributed by atoms with Gasteiger partial charge in [-0.1, -0.05) is 6.92 Å². The molecule has 22 heavy (non-hydrogen) atoms. The van der Waals surface area contributed by atoms with E-state index in [-0.39, 0.29) is 18.7 Å². The van der Waals surface area contributed by atoms with Crippen molar-refractivity contribution in [3.63, 3.8) is 0 Å². The summed E-state index contributed by atoms with van der Waals surface area (Å²) in [5, 5.41) is 14.6. The Hall–Kier alpha value is -1.82. The van der Waals surface area contributed by atoms with Crippen molar-refractivity contribution < 1.29 is 9.90 Å². The molecule has 6 nitrogen and oxygen atoms in total. The van der Waals surface area contributed by atoms with Crippen molar-refractivity contribution in [1.82, 2.24) is 15.6 Å². The van der Waals surface area contributed by atoms with Crippen LogP contribution in [0.3, 0.4) is 0 Å². The Morgan fingerprint density at radius 1 is 1.41 bits per heavy atom. The molecule has 0 saturated carbocycles. The molecular formula is C16H26N4O2. The minimum Gasteiger partial charge on any atom is -0.394 e. The zero-order valence-electron chi connectivity index (χ0n) is 13.2. The number of urea groups is 1. The van der Waals surface area contributed by atoms with E-state index in [0.717, 1.165) is 24.5 Å². The van der Waals surface area contributed by atoms with Gasteiger partial charge >= 0.3 is 6.03 Å². The molecular weight excluding hydrogens is 280 g/mol. The molecule has 122 valence electrons. The molecule has 1 saturated heterocycles. The van der Waals surface area contributed by atoms with Gasteiger partial charge in [0.25, 0.3) is 0 Å². The fourth-order valence-electron chi connectivity index (χ4n) is 2.56. The number of hydrogen-bond donors (Lipinski definition) is 3. The summed E-state index contributed by atoms with van der Waals surface area (Å²) in [4.78, 5) is 18.5. The molecule has 1 aliphatic heterocycles.